The van der Waals surface area contributed by atoms with Crippen molar-refractivity contribution in [2.75, 3.05) is 18.0 Å². The van der Waals surface area contributed by atoms with Crippen molar-refractivity contribution in [3.63, 3.8) is 0 Å². The van der Waals surface area contributed by atoms with E-state index in [0.29, 0.717) is 5.82 Å². The van der Waals surface area contributed by atoms with Gasteiger partial charge < -0.3 is 4.74 Å². The fourth-order valence-electron chi connectivity index (χ4n) is 3.95. The van der Waals surface area contributed by atoms with Crippen LogP contribution in [-0.4, -0.2) is 34.7 Å². The number of anilines is 2. The number of rotatable bonds is 5. The van der Waals surface area contributed by atoms with Crippen molar-refractivity contribution in [1.29, 1.82) is 0 Å². The van der Waals surface area contributed by atoms with Crippen LogP contribution in [0.2, 0.25) is 0 Å². The second kappa shape index (κ2) is 9.40. The molecular weight excluding hydrogens is 362 g/mol. The van der Waals surface area contributed by atoms with E-state index in [9.17, 15) is 4.79 Å². The Balaban J connectivity index is 2.06. The summed E-state index contributed by atoms with van der Waals surface area (Å²) in [5.41, 5.74) is 1.27. The number of nitrogens with zero attached hydrogens (tertiary/aromatic N) is 3. The van der Waals surface area contributed by atoms with Crippen LogP contribution in [0, 0.1) is 0 Å². The number of hydrogen-bond donors (Lipinski definition) is 0. The third-order valence-electron chi connectivity index (χ3n) is 5.10. The Morgan fingerprint density at radius 1 is 1.17 bits per heavy atom. The van der Waals surface area contributed by atoms with E-state index in [1.54, 1.807) is 11.1 Å². The van der Waals surface area contributed by atoms with Crippen molar-refractivity contribution in [2.24, 2.45) is 0 Å². The number of pyridine rings is 1. The number of amides is 1. The SMILES string of the molecule is CCCN1CCCC[C@H]1c1cccnc1N(C(=O)OC(C)(C)C)c1ccccc1. The van der Waals surface area contributed by atoms with Gasteiger partial charge in [-0.25, -0.2) is 14.7 Å². The summed E-state index contributed by atoms with van der Waals surface area (Å²) in [6.07, 6.45) is 5.96. The van der Waals surface area contributed by atoms with E-state index in [4.69, 9.17) is 4.74 Å². The monoisotopic (exact) mass is 395 g/mol. The maximum atomic E-state index is 13.3. The number of likely N-dealkylation sites (tertiary alicyclic amines) is 1. The molecule has 0 unspecified atom stereocenters. The van der Waals surface area contributed by atoms with Gasteiger partial charge in [-0.05, 0) is 71.3 Å². The zero-order chi connectivity index (χ0) is 20.9. The molecule has 1 aliphatic rings. The number of piperidine rings is 1. The van der Waals surface area contributed by atoms with Crippen molar-refractivity contribution in [1.82, 2.24) is 9.88 Å². The van der Waals surface area contributed by atoms with E-state index in [1.807, 2.05) is 57.2 Å². The Morgan fingerprint density at radius 2 is 1.93 bits per heavy atom. The third-order valence-corrected chi connectivity index (χ3v) is 5.10. The van der Waals surface area contributed by atoms with Gasteiger partial charge in [-0.2, -0.15) is 0 Å². The van der Waals surface area contributed by atoms with Crippen LogP contribution >= 0.6 is 0 Å². The van der Waals surface area contributed by atoms with Crippen molar-refractivity contribution in [3.8, 4) is 0 Å². The molecule has 5 heteroatoms. The van der Waals surface area contributed by atoms with E-state index in [2.05, 4.69) is 22.9 Å². The minimum absolute atomic E-state index is 0.265. The van der Waals surface area contributed by atoms with Gasteiger partial charge in [-0.15, -0.1) is 0 Å². The molecular formula is C24H33N3O2. The topological polar surface area (TPSA) is 45.7 Å². The maximum absolute atomic E-state index is 13.3. The maximum Gasteiger partial charge on any atom is 0.420 e. The molecule has 1 amide bonds. The Labute approximate surface area is 174 Å². The van der Waals surface area contributed by atoms with Gasteiger partial charge in [0.05, 0.1) is 5.69 Å². The average Bonchev–Trinajstić information content (AvgIpc) is 2.69. The second-order valence-corrected chi connectivity index (χ2v) is 8.62. The fourth-order valence-corrected chi connectivity index (χ4v) is 3.95. The highest BCUT2D eigenvalue weighted by Crippen LogP contribution is 2.38. The van der Waals surface area contributed by atoms with Crippen molar-refractivity contribution >= 4 is 17.6 Å². The molecule has 0 radical (unpaired) electrons. The van der Waals surface area contributed by atoms with Crippen LogP contribution in [0.4, 0.5) is 16.3 Å². The van der Waals surface area contributed by atoms with Crippen molar-refractivity contribution in [3.05, 3.63) is 54.2 Å². The molecule has 1 aromatic heterocycles. The lowest BCUT2D eigenvalue weighted by molar-refractivity contribution is 0.0597. The molecule has 29 heavy (non-hydrogen) atoms. The molecule has 1 fully saturated rings. The molecule has 1 aliphatic heterocycles. The lowest BCUT2D eigenvalue weighted by Crippen LogP contribution is -2.37. The van der Waals surface area contributed by atoms with E-state index < -0.39 is 11.7 Å². The number of hydrogen-bond acceptors (Lipinski definition) is 4. The molecule has 0 aliphatic carbocycles. The highest BCUT2D eigenvalue weighted by atomic mass is 16.6. The summed E-state index contributed by atoms with van der Waals surface area (Å²) < 4.78 is 5.76. The molecule has 0 saturated carbocycles. The quantitative estimate of drug-likeness (QED) is 0.614. The van der Waals surface area contributed by atoms with Gasteiger partial charge in [0.2, 0.25) is 0 Å². The number of carbonyl (C=O) groups is 1. The summed E-state index contributed by atoms with van der Waals surface area (Å²) in [6, 6.07) is 14.0. The zero-order valence-electron chi connectivity index (χ0n) is 18.1. The second-order valence-electron chi connectivity index (χ2n) is 8.62. The summed E-state index contributed by atoms with van der Waals surface area (Å²) in [6.45, 7) is 10.0. The van der Waals surface area contributed by atoms with Gasteiger partial charge >= 0.3 is 6.09 Å². The first-order chi connectivity index (χ1) is 13.9. The first-order valence-corrected chi connectivity index (χ1v) is 10.7. The average molecular weight is 396 g/mol. The lowest BCUT2D eigenvalue weighted by Gasteiger charge is -2.37. The summed E-state index contributed by atoms with van der Waals surface area (Å²) >= 11 is 0. The summed E-state index contributed by atoms with van der Waals surface area (Å²) in [5, 5.41) is 0. The van der Waals surface area contributed by atoms with Gasteiger partial charge in [0.15, 0.2) is 0 Å². The minimum Gasteiger partial charge on any atom is -0.443 e. The zero-order valence-corrected chi connectivity index (χ0v) is 18.1. The molecule has 1 aromatic carbocycles. The molecule has 3 rings (SSSR count). The molecule has 2 heterocycles. The highest BCUT2D eigenvalue weighted by molar-refractivity contribution is 5.96. The molecule has 0 N–H and O–H groups in total. The van der Waals surface area contributed by atoms with E-state index in [1.165, 1.54) is 12.8 Å². The molecule has 0 spiro atoms. The van der Waals surface area contributed by atoms with E-state index in [-0.39, 0.29) is 6.04 Å². The first kappa shape index (κ1) is 21.3. The van der Waals surface area contributed by atoms with Crippen LogP contribution in [0.3, 0.4) is 0 Å². The van der Waals surface area contributed by atoms with Crippen LogP contribution in [0.5, 0.6) is 0 Å². The Hall–Kier alpha value is -2.40. The smallest absolute Gasteiger partial charge is 0.420 e. The summed E-state index contributed by atoms with van der Waals surface area (Å²) in [4.78, 5) is 22.1. The third kappa shape index (κ3) is 5.36. The van der Waals surface area contributed by atoms with Crippen molar-refractivity contribution < 1.29 is 9.53 Å². The predicted molar refractivity (Wildman–Crippen MR) is 118 cm³/mol. The van der Waals surface area contributed by atoms with Gasteiger partial charge in [0.25, 0.3) is 0 Å². The van der Waals surface area contributed by atoms with E-state index >= 15 is 0 Å². The van der Waals surface area contributed by atoms with Crippen LogP contribution in [0.15, 0.2) is 48.7 Å². The van der Waals surface area contributed by atoms with Crippen molar-refractivity contribution in [2.45, 2.75) is 65.0 Å². The Morgan fingerprint density at radius 3 is 2.62 bits per heavy atom. The molecule has 0 bridgehead atoms. The largest absolute Gasteiger partial charge is 0.443 e. The summed E-state index contributed by atoms with van der Waals surface area (Å²) in [7, 11) is 0. The van der Waals surface area contributed by atoms with Crippen LogP contribution < -0.4 is 4.90 Å². The number of ether oxygens (including phenoxy) is 1. The summed E-state index contributed by atoms with van der Waals surface area (Å²) in [5.74, 6) is 0.668. The molecule has 1 saturated heterocycles. The fraction of sp³-hybridized carbons (Fsp3) is 0.500. The van der Waals surface area contributed by atoms with Crippen LogP contribution in [0.25, 0.3) is 0 Å². The van der Waals surface area contributed by atoms with Gasteiger partial charge in [0, 0.05) is 17.8 Å². The number of benzene rings is 1. The van der Waals surface area contributed by atoms with Gasteiger partial charge in [-0.3, -0.25) is 4.90 Å². The number of aromatic nitrogens is 1. The molecule has 1 atom stereocenters. The molecule has 2 aromatic rings. The molecule has 5 nitrogen and oxygen atoms in total. The highest BCUT2D eigenvalue weighted by Gasteiger charge is 2.32. The van der Waals surface area contributed by atoms with Crippen LogP contribution in [0.1, 0.15) is 65.0 Å². The number of para-hydroxylation sites is 1. The van der Waals surface area contributed by atoms with Crippen LogP contribution in [-0.2, 0) is 4.74 Å². The Kier molecular flexibility index (Phi) is 6.91. The number of carbonyl (C=O) groups excluding carboxylic acids is 1. The minimum atomic E-state index is -0.585. The first-order valence-electron chi connectivity index (χ1n) is 10.7. The lowest BCUT2D eigenvalue weighted by atomic mass is 9.95. The van der Waals surface area contributed by atoms with E-state index in [0.717, 1.165) is 37.2 Å². The van der Waals surface area contributed by atoms with Gasteiger partial charge in [0.1, 0.15) is 11.4 Å². The Bertz CT molecular complexity index is 799. The van der Waals surface area contributed by atoms with Gasteiger partial charge in [-0.1, -0.05) is 37.6 Å². The normalized spacial score (nSPS) is 17.7. The molecule has 156 valence electrons. The predicted octanol–water partition coefficient (Wildman–Crippen LogP) is 6.09. The standard InChI is InChI=1S/C24H33N3O2/c1-5-17-26-18-10-9-15-21(26)20-14-11-16-25-22(20)27(19-12-7-6-8-13-19)23(28)29-24(2,3)4/h6-8,11-14,16,21H,5,9-10,15,17-18H2,1-4H3/t21-/m0/s1.